The SMILES string of the molecule is CCNCC1(c2ccc(C(C)C)cc2)CC(CC)C1. The molecule has 1 heteroatoms. The van der Waals surface area contributed by atoms with Crippen molar-refractivity contribution in [1.29, 1.82) is 0 Å². The summed E-state index contributed by atoms with van der Waals surface area (Å²) in [6, 6.07) is 9.40. The number of likely N-dealkylation sites (N-methyl/N-ethyl adjacent to an activating group) is 1. The molecule has 1 N–H and O–H groups in total. The predicted octanol–water partition coefficient (Wildman–Crippen LogP) is 4.48. The summed E-state index contributed by atoms with van der Waals surface area (Å²) in [4.78, 5) is 0. The Morgan fingerprint density at radius 1 is 1.16 bits per heavy atom. The van der Waals surface area contributed by atoms with Crippen LogP contribution >= 0.6 is 0 Å². The minimum atomic E-state index is 0.409. The highest BCUT2D eigenvalue weighted by Crippen LogP contribution is 2.48. The molecule has 0 radical (unpaired) electrons. The van der Waals surface area contributed by atoms with Gasteiger partial charge in [0.1, 0.15) is 0 Å². The van der Waals surface area contributed by atoms with Gasteiger partial charge in [0, 0.05) is 12.0 Å². The van der Waals surface area contributed by atoms with Crippen LogP contribution in [0.5, 0.6) is 0 Å². The number of hydrogen-bond donors (Lipinski definition) is 1. The molecule has 0 unspecified atom stereocenters. The molecule has 2 rings (SSSR count). The van der Waals surface area contributed by atoms with Crippen molar-refractivity contribution >= 4 is 0 Å². The summed E-state index contributed by atoms with van der Waals surface area (Å²) < 4.78 is 0. The number of nitrogens with one attached hydrogen (secondary N) is 1. The average molecular weight is 259 g/mol. The topological polar surface area (TPSA) is 12.0 Å². The first-order chi connectivity index (χ1) is 9.11. The van der Waals surface area contributed by atoms with E-state index in [4.69, 9.17) is 0 Å². The lowest BCUT2D eigenvalue weighted by Crippen LogP contribution is -2.48. The molecule has 1 aliphatic rings. The highest BCUT2D eigenvalue weighted by Gasteiger charge is 2.43. The number of benzene rings is 1. The Bertz CT molecular complexity index is 379. The van der Waals surface area contributed by atoms with Crippen LogP contribution in [-0.4, -0.2) is 13.1 Å². The predicted molar refractivity (Wildman–Crippen MR) is 83.8 cm³/mol. The monoisotopic (exact) mass is 259 g/mol. The van der Waals surface area contributed by atoms with E-state index in [0.29, 0.717) is 11.3 Å². The fourth-order valence-electron chi connectivity index (χ4n) is 3.40. The van der Waals surface area contributed by atoms with Gasteiger partial charge in [-0.1, -0.05) is 58.4 Å². The molecule has 19 heavy (non-hydrogen) atoms. The molecule has 0 aromatic heterocycles. The van der Waals surface area contributed by atoms with Crippen LogP contribution in [0.3, 0.4) is 0 Å². The van der Waals surface area contributed by atoms with Crippen molar-refractivity contribution in [2.45, 2.75) is 58.3 Å². The van der Waals surface area contributed by atoms with Crippen LogP contribution in [0.1, 0.15) is 64.0 Å². The van der Waals surface area contributed by atoms with E-state index < -0.39 is 0 Å². The smallest absolute Gasteiger partial charge is 0.00830 e. The van der Waals surface area contributed by atoms with E-state index >= 15 is 0 Å². The molecule has 0 bridgehead atoms. The Labute approximate surface area is 118 Å². The van der Waals surface area contributed by atoms with E-state index in [-0.39, 0.29) is 0 Å². The van der Waals surface area contributed by atoms with Gasteiger partial charge < -0.3 is 5.32 Å². The lowest BCUT2D eigenvalue weighted by Gasteiger charge is -2.48. The van der Waals surface area contributed by atoms with Gasteiger partial charge in [0.15, 0.2) is 0 Å². The van der Waals surface area contributed by atoms with Crippen LogP contribution in [0.2, 0.25) is 0 Å². The molecule has 1 fully saturated rings. The van der Waals surface area contributed by atoms with Crippen molar-refractivity contribution in [3.05, 3.63) is 35.4 Å². The van der Waals surface area contributed by atoms with Crippen LogP contribution in [0.25, 0.3) is 0 Å². The molecule has 1 nitrogen and oxygen atoms in total. The molecule has 0 amide bonds. The van der Waals surface area contributed by atoms with Crippen LogP contribution in [-0.2, 0) is 5.41 Å². The van der Waals surface area contributed by atoms with E-state index in [1.165, 1.54) is 24.8 Å². The summed E-state index contributed by atoms with van der Waals surface area (Å²) >= 11 is 0. The summed E-state index contributed by atoms with van der Waals surface area (Å²) in [6.07, 6.45) is 4.05. The normalized spacial score (nSPS) is 26.5. The third-order valence-electron chi connectivity index (χ3n) is 4.84. The van der Waals surface area contributed by atoms with Gasteiger partial charge in [0.05, 0.1) is 0 Å². The summed E-state index contributed by atoms with van der Waals surface area (Å²) in [5.41, 5.74) is 3.41. The number of rotatable bonds is 6. The highest BCUT2D eigenvalue weighted by molar-refractivity contribution is 5.33. The minimum Gasteiger partial charge on any atom is -0.316 e. The Balaban J connectivity index is 2.14. The number of hydrogen-bond acceptors (Lipinski definition) is 1. The standard InChI is InChI=1S/C18H29N/c1-5-15-11-18(12-15,13-19-6-2)17-9-7-16(8-10-17)14(3)4/h7-10,14-15,19H,5-6,11-13H2,1-4H3. The fraction of sp³-hybridized carbons (Fsp3) is 0.667. The van der Waals surface area contributed by atoms with Crippen molar-refractivity contribution in [2.75, 3.05) is 13.1 Å². The molecule has 0 heterocycles. The van der Waals surface area contributed by atoms with Gasteiger partial charge in [0.2, 0.25) is 0 Å². The van der Waals surface area contributed by atoms with Gasteiger partial charge in [-0.15, -0.1) is 0 Å². The Morgan fingerprint density at radius 3 is 2.26 bits per heavy atom. The zero-order valence-electron chi connectivity index (χ0n) is 13.0. The molecule has 0 atom stereocenters. The summed E-state index contributed by atoms with van der Waals surface area (Å²) in [5.74, 6) is 1.56. The third-order valence-corrected chi connectivity index (χ3v) is 4.84. The van der Waals surface area contributed by atoms with Crippen LogP contribution < -0.4 is 5.32 Å². The van der Waals surface area contributed by atoms with E-state index in [0.717, 1.165) is 19.0 Å². The van der Waals surface area contributed by atoms with E-state index in [9.17, 15) is 0 Å². The second-order valence-electron chi connectivity index (χ2n) is 6.52. The van der Waals surface area contributed by atoms with E-state index in [1.54, 1.807) is 5.56 Å². The van der Waals surface area contributed by atoms with Crippen molar-refractivity contribution < 1.29 is 0 Å². The molecular weight excluding hydrogens is 230 g/mol. The molecular formula is C18H29N. The zero-order valence-corrected chi connectivity index (χ0v) is 13.0. The first-order valence-electron chi connectivity index (χ1n) is 7.92. The van der Waals surface area contributed by atoms with Crippen molar-refractivity contribution in [2.24, 2.45) is 5.92 Å². The van der Waals surface area contributed by atoms with Crippen molar-refractivity contribution in [3.63, 3.8) is 0 Å². The van der Waals surface area contributed by atoms with E-state index in [2.05, 4.69) is 57.3 Å². The maximum absolute atomic E-state index is 3.57. The van der Waals surface area contributed by atoms with E-state index in [1.807, 2.05) is 0 Å². The molecule has 0 saturated heterocycles. The lowest BCUT2D eigenvalue weighted by atomic mass is 9.58. The molecule has 0 aliphatic heterocycles. The fourth-order valence-corrected chi connectivity index (χ4v) is 3.40. The first kappa shape index (κ1) is 14.6. The average Bonchev–Trinajstić information content (AvgIpc) is 2.38. The van der Waals surface area contributed by atoms with Gasteiger partial charge in [0.25, 0.3) is 0 Å². The van der Waals surface area contributed by atoms with Crippen molar-refractivity contribution in [3.8, 4) is 0 Å². The Morgan fingerprint density at radius 2 is 1.79 bits per heavy atom. The minimum absolute atomic E-state index is 0.409. The summed E-state index contributed by atoms with van der Waals surface area (Å²) in [5, 5.41) is 3.57. The Hall–Kier alpha value is -0.820. The Kier molecular flexibility index (Phi) is 4.67. The van der Waals surface area contributed by atoms with Gasteiger partial charge >= 0.3 is 0 Å². The maximum Gasteiger partial charge on any atom is 0.00830 e. The van der Waals surface area contributed by atoms with Crippen molar-refractivity contribution in [1.82, 2.24) is 5.32 Å². The molecule has 0 spiro atoms. The molecule has 1 aromatic rings. The van der Waals surface area contributed by atoms with Gasteiger partial charge in [-0.3, -0.25) is 0 Å². The maximum atomic E-state index is 3.57. The van der Waals surface area contributed by atoms with Crippen LogP contribution in [0.15, 0.2) is 24.3 Å². The summed E-state index contributed by atoms with van der Waals surface area (Å²) in [6.45, 7) is 11.3. The first-order valence-corrected chi connectivity index (χ1v) is 7.92. The van der Waals surface area contributed by atoms with Crippen LogP contribution in [0.4, 0.5) is 0 Å². The molecule has 1 saturated carbocycles. The molecule has 1 aromatic carbocycles. The second-order valence-corrected chi connectivity index (χ2v) is 6.52. The second kappa shape index (κ2) is 6.09. The van der Waals surface area contributed by atoms with Gasteiger partial charge in [-0.05, 0) is 42.3 Å². The third kappa shape index (κ3) is 3.02. The lowest BCUT2D eigenvalue weighted by molar-refractivity contribution is 0.134. The van der Waals surface area contributed by atoms with Gasteiger partial charge in [-0.2, -0.15) is 0 Å². The molecule has 1 aliphatic carbocycles. The highest BCUT2D eigenvalue weighted by atomic mass is 14.9. The molecule has 106 valence electrons. The zero-order chi connectivity index (χ0) is 13.9. The largest absolute Gasteiger partial charge is 0.316 e. The summed E-state index contributed by atoms with van der Waals surface area (Å²) in [7, 11) is 0. The van der Waals surface area contributed by atoms with Gasteiger partial charge in [-0.25, -0.2) is 0 Å². The van der Waals surface area contributed by atoms with Crippen LogP contribution in [0, 0.1) is 5.92 Å². The quantitative estimate of drug-likeness (QED) is 0.794.